The van der Waals surface area contributed by atoms with Gasteiger partial charge in [0.15, 0.2) is 11.5 Å². The summed E-state index contributed by atoms with van der Waals surface area (Å²) >= 11 is 1.43. The highest BCUT2D eigenvalue weighted by Gasteiger charge is 2.35. The number of ether oxygens (including phenoxy) is 2. The molecule has 0 bridgehead atoms. The molecule has 2 heterocycles. The molecule has 154 valence electrons. The Kier molecular flexibility index (Phi) is 5.66. The number of carbonyl (C=O) groups excluding carboxylic acids is 2. The Morgan fingerprint density at radius 3 is 2.76 bits per heavy atom. The number of hydrogen-bond donors (Lipinski definition) is 1. The number of amides is 2. The molecule has 2 aliphatic rings. The third kappa shape index (κ3) is 4.50. The van der Waals surface area contributed by atoms with Crippen molar-refractivity contribution in [3.8, 4) is 11.5 Å². The van der Waals surface area contributed by atoms with Crippen molar-refractivity contribution in [2.75, 3.05) is 32.6 Å². The van der Waals surface area contributed by atoms with Crippen LogP contribution in [0, 0.1) is 5.92 Å². The van der Waals surface area contributed by atoms with Crippen molar-refractivity contribution in [3.05, 3.63) is 28.8 Å². The lowest BCUT2D eigenvalue weighted by Crippen LogP contribution is -2.30. The topological polar surface area (TPSA) is 93.6 Å². The minimum Gasteiger partial charge on any atom is -0.493 e. The first-order chi connectivity index (χ1) is 14.1. The number of carbonyl (C=O) groups is 2. The molecule has 1 N–H and O–H groups in total. The molecule has 1 aliphatic heterocycles. The molecule has 1 saturated heterocycles. The normalized spacial score (nSPS) is 18.8. The zero-order chi connectivity index (χ0) is 20.4. The molecule has 1 saturated carbocycles. The molecule has 1 aromatic heterocycles. The number of anilines is 1. The number of benzene rings is 1. The average Bonchev–Trinajstić information content (AvgIpc) is 3.37. The summed E-state index contributed by atoms with van der Waals surface area (Å²) in [5.41, 5.74) is 1.05. The van der Waals surface area contributed by atoms with Crippen LogP contribution in [0.15, 0.2) is 18.2 Å². The smallest absolute Gasteiger partial charge is 0.231 e. The largest absolute Gasteiger partial charge is 0.493 e. The van der Waals surface area contributed by atoms with E-state index in [0.29, 0.717) is 42.1 Å². The van der Waals surface area contributed by atoms with Crippen molar-refractivity contribution in [3.63, 3.8) is 0 Å². The number of aromatic nitrogens is 2. The lowest BCUT2D eigenvalue weighted by Gasteiger charge is -2.17. The summed E-state index contributed by atoms with van der Waals surface area (Å²) in [7, 11) is 3.19. The fourth-order valence-corrected chi connectivity index (χ4v) is 4.37. The first-order valence-electron chi connectivity index (χ1n) is 9.70. The van der Waals surface area contributed by atoms with E-state index in [2.05, 4.69) is 15.5 Å². The van der Waals surface area contributed by atoms with Crippen LogP contribution in [0.3, 0.4) is 0 Å². The molecular weight excluding hydrogens is 392 g/mol. The predicted octanol–water partition coefficient (Wildman–Crippen LogP) is 2.46. The summed E-state index contributed by atoms with van der Waals surface area (Å²) in [6.45, 7) is 0.981. The Morgan fingerprint density at radius 2 is 2.03 bits per heavy atom. The number of rotatable bonds is 8. The number of likely N-dealkylation sites (tertiary alicyclic amines) is 1. The highest BCUT2D eigenvalue weighted by atomic mass is 32.1. The Morgan fingerprint density at radius 1 is 1.24 bits per heavy atom. The number of hydrogen-bond acceptors (Lipinski definition) is 7. The molecule has 0 radical (unpaired) electrons. The molecule has 2 aromatic rings. The van der Waals surface area contributed by atoms with Gasteiger partial charge < -0.3 is 19.7 Å². The van der Waals surface area contributed by atoms with E-state index in [9.17, 15) is 9.59 Å². The summed E-state index contributed by atoms with van der Waals surface area (Å²) < 4.78 is 10.6. The van der Waals surface area contributed by atoms with Gasteiger partial charge in [-0.1, -0.05) is 17.4 Å². The lowest BCUT2D eigenvalue weighted by molar-refractivity contribution is -0.128. The molecule has 4 rings (SSSR count). The van der Waals surface area contributed by atoms with Gasteiger partial charge in [0.1, 0.15) is 5.01 Å². The number of nitrogens with one attached hydrogen (secondary N) is 1. The second-order valence-corrected chi connectivity index (χ2v) is 8.40. The van der Waals surface area contributed by atoms with E-state index in [1.54, 1.807) is 19.1 Å². The molecule has 1 atom stereocenters. The van der Waals surface area contributed by atoms with E-state index < -0.39 is 0 Å². The van der Waals surface area contributed by atoms with E-state index in [4.69, 9.17) is 9.47 Å². The summed E-state index contributed by atoms with van der Waals surface area (Å²) in [5, 5.41) is 12.5. The van der Waals surface area contributed by atoms with Crippen LogP contribution in [0.4, 0.5) is 5.13 Å². The fourth-order valence-electron chi connectivity index (χ4n) is 3.45. The van der Waals surface area contributed by atoms with Crippen molar-refractivity contribution < 1.29 is 19.1 Å². The van der Waals surface area contributed by atoms with Gasteiger partial charge in [0, 0.05) is 25.4 Å². The van der Waals surface area contributed by atoms with Crippen LogP contribution in [0.25, 0.3) is 0 Å². The van der Waals surface area contributed by atoms with E-state index in [-0.39, 0.29) is 24.2 Å². The standard InChI is InChI=1S/C20H24N4O4S/c1-27-15-6-3-12(9-16(15)28-2)7-8-24-11-14(10-17(24)25)18(26)21-20-23-22-19(29-20)13-4-5-13/h3,6,9,13-14H,4-5,7-8,10-11H2,1-2H3,(H,21,23,26). The first kappa shape index (κ1) is 19.6. The van der Waals surface area contributed by atoms with Crippen LogP contribution in [-0.4, -0.2) is 54.2 Å². The Balaban J connectivity index is 1.31. The minimum atomic E-state index is -0.360. The second-order valence-electron chi connectivity index (χ2n) is 7.39. The zero-order valence-corrected chi connectivity index (χ0v) is 17.3. The highest BCUT2D eigenvalue weighted by molar-refractivity contribution is 7.15. The number of methoxy groups -OCH3 is 2. The zero-order valence-electron chi connectivity index (χ0n) is 16.5. The monoisotopic (exact) mass is 416 g/mol. The molecule has 2 fully saturated rings. The molecule has 1 aliphatic carbocycles. The molecule has 9 heteroatoms. The Bertz CT molecular complexity index is 912. The molecule has 1 unspecified atom stereocenters. The van der Waals surface area contributed by atoms with Crippen molar-refractivity contribution in [2.45, 2.75) is 31.6 Å². The Hall–Kier alpha value is -2.68. The third-order valence-corrected chi connectivity index (χ3v) is 6.30. The molecule has 0 spiro atoms. The predicted molar refractivity (Wildman–Crippen MR) is 108 cm³/mol. The van der Waals surface area contributed by atoms with E-state index >= 15 is 0 Å². The van der Waals surface area contributed by atoms with Crippen molar-refractivity contribution in [2.24, 2.45) is 5.92 Å². The van der Waals surface area contributed by atoms with Crippen LogP contribution in [0.1, 0.15) is 35.8 Å². The molecule has 29 heavy (non-hydrogen) atoms. The lowest BCUT2D eigenvalue weighted by atomic mass is 10.1. The van der Waals surface area contributed by atoms with Gasteiger partial charge in [0.25, 0.3) is 0 Å². The molecule has 2 amide bonds. The summed E-state index contributed by atoms with van der Waals surface area (Å²) in [5.74, 6) is 1.33. The quantitative estimate of drug-likeness (QED) is 0.711. The molecule has 1 aromatic carbocycles. The van der Waals surface area contributed by atoms with Gasteiger partial charge in [-0.2, -0.15) is 0 Å². The average molecular weight is 417 g/mol. The minimum absolute atomic E-state index is 0.00144. The van der Waals surface area contributed by atoms with Crippen molar-refractivity contribution in [1.82, 2.24) is 15.1 Å². The van der Waals surface area contributed by atoms with Crippen molar-refractivity contribution >= 4 is 28.3 Å². The summed E-state index contributed by atoms with van der Waals surface area (Å²) in [4.78, 5) is 26.7. The van der Waals surface area contributed by atoms with Crippen molar-refractivity contribution in [1.29, 1.82) is 0 Å². The molecular formula is C20H24N4O4S. The van der Waals surface area contributed by atoms with E-state index in [1.807, 2.05) is 18.2 Å². The van der Waals surface area contributed by atoms with Crippen LogP contribution in [0.5, 0.6) is 11.5 Å². The van der Waals surface area contributed by atoms with Crippen LogP contribution in [-0.2, 0) is 16.0 Å². The summed E-state index contributed by atoms with van der Waals surface area (Å²) in [6.07, 6.45) is 3.21. The molecule has 8 nitrogen and oxygen atoms in total. The van der Waals surface area contributed by atoms with E-state index in [1.165, 1.54) is 11.3 Å². The van der Waals surface area contributed by atoms with E-state index in [0.717, 1.165) is 23.4 Å². The summed E-state index contributed by atoms with van der Waals surface area (Å²) in [6, 6.07) is 5.73. The Labute approximate surface area is 173 Å². The first-order valence-corrected chi connectivity index (χ1v) is 10.5. The SMILES string of the molecule is COc1ccc(CCN2CC(C(=O)Nc3nnc(C4CC4)s3)CC2=O)cc1OC. The van der Waals surface area contributed by atoms with Gasteiger partial charge in [-0.25, -0.2) is 0 Å². The fraction of sp³-hybridized carbons (Fsp3) is 0.500. The van der Waals surface area contributed by atoms with Gasteiger partial charge in [0.2, 0.25) is 16.9 Å². The third-order valence-electron chi connectivity index (χ3n) is 5.30. The number of nitrogens with zero attached hydrogens (tertiary/aromatic N) is 3. The van der Waals surface area contributed by atoms with Crippen LogP contribution in [0.2, 0.25) is 0 Å². The van der Waals surface area contributed by atoms with Gasteiger partial charge in [0.05, 0.1) is 20.1 Å². The van der Waals surface area contributed by atoms with Gasteiger partial charge in [-0.3, -0.25) is 9.59 Å². The highest BCUT2D eigenvalue weighted by Crippen LogP contribution is 2.42. The maximum atomic E-state index is 12.5. The van der Waals surface area contributed by atoms with Gasteiger partial charge >= 0.3 is 0 Å². The van der Waals surface area contributed by atoms with Gasteiger partial charge in [-0.05, 0) is 37.0 Å². The van der Waals surface area contributed by atoms with Crippen LogP contribution >= 0.6 is 11.3 Å². The maximum absolute atomic E-state index is 12.5. The van der Waals surface area contributed by atoms with Gasteiger partial charge in [-0.15, -0.1) is 10.2 Å². The van der Waals surface area contributed by atoms with Crippen LogP contribution < -0.4 is 14.8 Å². The second kappa shape index (κ2) is 8.36. The maximum Gasteiger partial charge on any atom is 0.231 e.